The van der Waals surface area contributed by atoms with Crippen molar-refractivity contribution in [3.05, 3.63) is 41.4 Å². The Labute approximate surface area is 145 Å². The Bertz CT molecular complexity index is 731. The first kappa shape index (κ1) is 16.5. The number of nitrogens with one attached hydrogen (secondary N) is 2. The molecule has 0 spiro atoms. The molecule has 0 bridgehead atoms. The van der Waals surface area contributed by atoms with E-state index in [1.165, 1.54) is 0 Å². The Hall–Kier alpha value is -2.34. The summed E-state index contributed by atoms with van der Waals surface area (Å²) in [4.78, 5) is 26.4. The maximum Gasteiger partial charge on any atom is 0.259 e. The molecule has 1 aromatic rings. The lowest BCUT2D eigenvalue weighted by atomic mass is 9.84. The van der Waals surface area contributed by atoms with Gasteiger partial charge in [-0.25, -0.2) is 5.43 Å². The molecule has 3 rings (SSSR count). The molecule has 126 valence electrons. The molecule has 2 N–H and O–H groups in total. The number of anilines is 1. The third-order valence-electron chi connectivity index (χ3n) is 4.28. The van der Waals surface area contributed by atoms with Crippen molar-refractivity contribution >= 4 is 34.9 Å². The van der Waals surface area contributed by atoms with Crippen molar-refractivity contribution in [2.75, 3.05) is 11.9 Å². The fourth-order valence-corrected chi connectivity index (χ4v) is 3.47. The number of carbonyl (C=O) groups is 2. The summed E-state index contributed by atoms with van der Waals surface area (Å²) < 4.78 is 0. The highest BCUT2D eigenvalue weighted by Gasteiger charge is 2.41. The van der Waals surface area contributed by atoms with Crippen LogP contribution in [0.1, 0.15) is 19.8 Å². The summed E-state index contributed by atoms with van der Waals surface area (Å²) in [6.45, 7) is 6.09. The van der Waals surface area contributed by atoms with Gasteiger partial charge in [0.2, 0.25) is 5.91 Å². The van der Waals surface area contributed by atoms with Gasteiger partial charge >= 0.3 is 0 Å². The van der Waals surface area contributed by atoms with Gasteiger partial charge in [-0.2, -0.15) is 5.10 Å². The number of amidine groups is 1. The van der Waals surface area contributed by atoms with Crippen LogP contribution in [0.5, 0.6) is 0 Å². The Morgan fingerprint density at radius 1 is 1.50 bits per heavy atom. The third-order valence-corrected chi connectivity index (χ3v) is 4.52. The number of hydrogen-bond donors (Lipinski definition) is 2. The first-order chi connectivity index (χ1) is 11.5. The molecule has 1 fully saturated rings. The number of piperidine rings is 1. The topological polar surface area (TPSA) is 73.8 Å². The van der Waals surface area contributed by atoms with E-state index in [1.54, 1.807) is 24.3 Å². The SMILES string of the molecule is C=C(C)C1C(C(=O)Nc2cccc(Cl)c2)CCC2=NNC(=O)CN21. The second-order valence-corrected chi connectivity index (χ2v) is 6.56. The Kier molecular flexibility index (Phi) is 4.57. The van der Waals surface area contributed by atoms with Gasteiger partial charge in [-0.15, -0.1) is 0 Å². The average Bonchev–Trinajstić information content (AvgIpc) is 2.53. The number of amides is 2. The van der Waals surface area contributed by atoms with E-state index in [4.69, 9.17) is 11.6 Å². The van der Waals surface area contributed by atoms with Crippen molar-refractivity contribution in [2.45, 2.75) is 25.8 Å². The number of halogens is 1. The third kappa shape index (κ3) is 3.28. The number of benzene rings is 1. The molecule has 2 unspecified atom stereocenters. The van der Waals surface area contributed by atoms with Crippen molar-refractivity contribution in [3.8, 4) is 0 Å². The molecule has 1 saturated heterocycles. The molecule has 0 aromatic heterocycles. The van der Waals surface area contributed by atoms with E-state index < -0.39 is 0 Å². The summed E-state index contributed by atoms with van der Waals surface area (Å²) in [5, 5.41) is 7.58. The van der Waals surface area contributed by atoms with Gasteiger partial charge in [0.15, 0.2) is 0 Å². The number of nitrogens with zero attached hydrogens (tertiary/aromatic N) is 2. The van der Waals surface area contributed by atoms with Crippen molar-refractivity contribution < 1.29 is 9.59 Å². The standard InChI is InChI=1S/C17H19ClN4O2/c1-10(2)16-13(6-7-14-20-21-15(23)9-22(14)16)17(24)19-12-5-3-4-11(18)8-12/h3-5,8,13,16H,1,6-7,9H2,2H3,(H,19,24)(H,21,23). The van der Waals surface area contributed by atoms with Gasteiger partial charge < -0.3 is 10.2 Å². The minimum Gasteiger partial charge on any atom is -0.342 e. The highest BCUT2D eigenvalue weighted by molar-refractivity contribution is 6.30. The second-order valence-electron chi connectivity index (χ2n) is 6.13. The monoisotopic (exact) mass is 346 g/mol. The molecule has 7 heteroatoms. The van der Waals surface area contributed by atoms with Gasteiger partial charge in [0.1, 0.15) is 12.4 Å². The Morgan fingerprint density at radius 3 is 3.00 bits per heavy atom. The summed E-state index contributed by atoms with van der Waals surface area (Å²) in [7, 11) is 0. The number of hydrazone groups is 1. The number of hydrogen-bond acceptors (Lipinski definition) is 4. The average molecular weight is 347 g/mol. The smallest absolute Gasteiger partial charge is 0.259 e. The van der Waals surface area contributed by atoms with Crippen LogP contribution < -0.4 is 10.7 Å². The zero-order valence-corrected chi connectivity index (χ0v) is 14.1. The van der Waals surface area contributed by atoms with Crippen LogP contribution in [0, 0.1) is 5.92 Å². The molecule has 0 saturated carbocycles. The first-order valence-electron chi connectivity index (χ1n) is 7.79. The second kappa shape index (κ2) is 6.65. The lowest BCUT2D eigenvalue weighted by Crippen LogP contribution is -2.57. The lowest BCUT2D eigenvalue weighted by Gasteiger charge is -2.43. The summed E-state index contributed by atoms with van der Waals surface area (Å²) in [6, 6.07) is 6.80. The molecule has 0 aliphatic carbocycles. The van der Waals surface area contributed by atoms with Gasteiger partial charge in [-0.05, 0) is 31.5 Å². The van der Waals surface area contributed by atoms with Gasteiger partial charge in [0.25, 0.3) is 5.91 Å². The van der Waals surface area contributed by atoms with Crippen LogP contribution >= 0.6 is 11.6 Å². The maximum atomic E-state index is 12.8. The van der Waals surface area contributed by atoms with E-state index in [1.807, 2.05) is 11.8 Å². The molecule has 2 heterocycles. The van der Waals surface area contributed by atoms with Crippen LogP contribution in [0.25, 0.3) is 0 Å². The van der Waals surface area contributed by atoms with Gasteiger partial charge in [0.05, 0.1) is 12.0 Å². The fraction of sp³-hybridized carbons (Fsp3) is 0.353. The summed E-state index contributed by atoms with van der Waals surface area (Å²) in [6.07, 6.45) is 1.28. The highest BCUT2D eigenvalue weighted by Crippen LogP contribution is 2.31. The van der Waals surface area contributed by atoms with Crippen molar-refractivity contribution in [1.82, 2.24) is 10.3 Å². The van der Waals surface area contributed by atoms with Gasteiger partial charge in [0, 0.05) is 17.1 Å². The molecular weight excluding hydrogens is 328 g/mol. The lowest BCUT2D eigenvalue weighted by molar-refractivity contribution is -0.126. The zero-order chi connectivity index (χ0) is 17.3. The molecule has 2 aliphatic rings. The van der Waals surface area contributed by atoms with E-state index >= 15 is 0 Å². The predicted molar refractivity (Wildman–Crippen MR) is 93.7 cm³/mol. The normalized spacial score (nSPS) is 23.0. The first-order valence-corrected chi connectivity index (χ1v) is 8.17. The number of rotatable bonds is 3. The number of fused-ring (bicyclic) bond motifs is 1. The minimum absolute atomic E-state index is 0.102. The van der Waals surface area contributed by atoms with Crippen molar-refractivity contribution in [1.29, 1.82) is 0 Å². The van der Waals surface area contributed by atoms with Crippen LogP contribution in [0.4, 0.5) is 5.69 Å². The van der Waals surface area contributed by atoms with Crippen molar-refractivity contribution in [2.24, 2.45) is 11.0 Å². The number of carbonyl (C=O) groups excluding carboxylic acids is 2. The van der Waals surface area contributed by atoms with E-state index in [9.17, 15) is 9.59 Å². The zero-order valence-electron chi connectivity index (χ0n) is 13.4. The highest BCUT2D eigenvalue weighted by atomic mass is 35.5. The van der Waals surface area contributed by atoms with Gasteiger partial charge in [-0.3, -0.25) is 9.59 Å². The Balaban J connectivity index is 1.82. The molecule has 2 amide bonds. The fourth-order valence-electron chi connectivity index (χ4n) is 3.28. The molecular formula is C17H19ClN4O2. The van der Waals surface area contributed by atoms with E-state index in [0.29, 0.717) is 23.6 Å². The summed E-state index contributed by atoms with van der Waals surface area (Å²) in [5.74, 6) is 0.219. The molecule has 24 heavy (non-hydrogen) atoms. The van der Waals surface area contributed by atoms with Crippen molar-refractivity contribution in [3.63, 3.8) is 0 Å². The quantitative estimate of drug-likeness (QED) is 0.825. The molecule has 0 radical (unpaired) electrons. The maximum absolute atomic E-state index is 12.8. The van der Waals surface area contributed by atoms with E-state index in [2.05, 4.69) is 22.4 Å². The Morgan fingerprint density at radius 2 is 2.29 bits per heavy atom. The van der Waals surface area contributed by atoms with Crippen LogP contribution in [0.2, 0.25) is 5.02 Å². The van der Waals surface area contributed by atoms with E-state index in [-0.39, 0.29) is 30.3 Å². The molecule has 6 nitrogen and oxygen atoms in total. The van der Waals surface area contributed by atoms with E-state index in [0.717, 1.165) is 11.4 Å². The predicted octanol–water partition coefficient (Wildman–Crippen LogP) is 2.38. The molecule has 2 atom stereocenters. The van der Waals surface area contributed by atoms with Crippen LogP contribution in [0.15, 0.2) is 41.5 Å². The molecule has 1 aromatic carbocycles. The summed E-state index contributed by atoms with van der Waals surface area (Å²) in [5.41, 5.74) is 3.99. The molecule has 2 aliphatic heterocycles. The van der Waals surface area contributed by atoms with Crippen LogP contribution in [-0.4, -0.2) is 35.1 Å². The minimum atomic E-state index is -0.300. The van der Waals surface area contributed by atoms with Gasteiger partial charge in [-0.1, -0.05) is 29.8 Å². The largest absolute Gasteiger partial charge is 0.342 e. The van der Waals surface area contributed by atoms with Crippen LogP contribution in [0.3, 0.4) is 0 Å². The van der Waals surface area contributed by atoms with Crippen LogP contribution in [-0.2, 0) is 9.59 Å². The summed E-state index contributed by atoms with van der Waals surface area (Å²) >= 11 is 5.97.